The molecule has 0 saturated heterocycles. The Bertz CT molecular complexity index is 1450. The molecule has 0 aliphatic rings. The van der Waals surface area contributed by atoms with Gasteiger partial charge in [-0.3, -0.25) is 10.2 Å². The van der Waals surface area contributed by atoms with Crippen molar-refractivity contribution in [2.24, 2.45) is 5.10 Å². The van der Waals surface area contributed by atoms with Crippen LogP contribution in [-0.2, 0) is 0 Å². The zero-order valence-electron chi connectivity index (χ0n) is 20.5. The van der Waals surface area contributed by atoms with Crippen LogP contribution in [0.5, 0.6) is 23.0 Å². The lowest BCUT2D eigenvalue weighted by molar-refractivity contribution is 0.324. The minimum Gasteiger partial charge on any atom is -0.497 e. The molecule has 0 radical (unpaired) electrons. The molecule has 4 rings (SSSR count). The molecule has 4 aromatic rings. The summed E-state index contributed by atoms with van der Waals surface area (Å²) in [5.74, 6) is 2.15. The molecular weight excluding hydrogens is 498 g/mol. The predicted molar refractivity (Wildman–Crippen MR) is 141 cm³/mol. The van der Waals surface area contributed by atoms with Gasteiger partial charge in [0.25, 0.3) is 5.56 Å². The monoisotopic (exact) mass is 521 g/mol. The van der Waals surface area contributed by atoms with E-state index in [0.717, 1.165) is 0 Å². The highest BCUT2D eigenvalue weighted by Crippen LogP contribution is 2.38. The largest absolute Gasteiger partial charge is 0.497 e. The second-order valence-corrected chi connectivity index (χ2v) is 7.99. The first-order chi connectivity index (χ1) is 18.0. The molecule has 37 heavy (non-hydrogen) atoms. The first kappa shape index (κ1) is 25.5. The summed E-state index contributed by atoms with van der Waals surface area (Å²) in [6.07, 6.45) is 0. The van der Waals surface area contributed by atoms with Crippen LogP contribution in [0.3, 0.4) is 0 Å². The molecule has 0 bridgehead atoms. The Kier molecular flexibility index (Phi) is 7.89. The maximum absolute atomic E-state index is 13.0. The van der Waals surface area contributed by atoms with E-state index in [1.165, 1.54) is 21.3 Å². The molecule has 1 heterocycles. The molecule has 1 aromatic heterocycles. The van der Waals surface area contributed by atoms with Gasteiger partial charge in [-0.15, -0.1) is 0 Å². The van der Waals surface area contributed by atoms with E-state index < -0.39 is 5.56 Å². The summed E-state index contributed by atoms with van der Waals surface area (Å²) in [5.41, 5.74) is 4.49. The van der Waals surface area contributed by atoms with E-state index in [1.807, 2.05) is 0 Å². The van der Waals surface area contributed by atoms with Crippen LogP contribution in [0.1, 0.15) is 11.3 Å². The number of hydrogen-bond acceptors (Lipinski definition) is 9. The van der Waals surface area contributed by atoms with Crippen molar-refractivity contribution in [1.29, 1.82) is 0 Å². The smallest absolute Gasteiger partial charge is 0.292 e. The predicted octanol–water partition coefficient (Wildman–Crippen LogP) is 4.38. The van der Waals surface area contributed by atoms with Crippen LogP contribution in [-0.4, -0.2) is 49.3 Å². The number of hydrazone groups is 1. The first-order valence-corrected chi connectivity index (χ1v) is 11.4. The molecule has 10 nitrogen and oxygen atoms in total. The van der Waals surface area contributed by atoms with E-state index in [4.69, 9.17) is 30.5 Å². The molecule has 0 spiro atoms. The number of halogens is 1. The Morgan fingerprint density at radius 2 is 1.54 bits per heavy atom. The summed E-state index contributed by atoms with van der Waals surface area (Å²) >= 11 is 6.02. The number of nitrogens with one attached hydrogen (secondary N) is 2. The van der Waals surface area contributed by atoms with Crippen LogP contribution >= 0.6 is 11.6 Å². The number of rotatable bonds is 9. The second-order valence-electron chi connectivity index (χ2n) is 7.56. The number of benzene rings is 3. The number of aromatic nitrogens is 3. The van der Waals surface area contributed by atoms with Crippen LogP contribution in [0.4, 0.5) is 5.69 Å². The van der Waals surface area contributed by atoms with Crippen molar-refractivity contribution < 1.29 is 18.9 Å². The third-order valence-corrected chi connectivity index (χ3v) is 5.60. The third-order valence-electron chi connectivity index (χ3n) is 5.35. The van der Waals surface area contributed by atoms with Gasteiger partial charge in [-0.25, -0.2) is 10.1 Å². The highest BCUT2D eigenvalue weighted by molar-refractivity contribution is 6.30. The summed E-state index contributed by atoms with van der Waals surface area (Å²) < 4.78 is 21.7. The summed E-state index contributed by atoms with van der Waals surface area (Å²) in [5, 5.41) is 11.7. The fraction of sp³-hybridized carbons (Fsp3) is 0.154. The Balaban J connectivity index is 1.88. The van der Waals surface area contributed by atoms with Gasteiger partial charge in [0, 0.05) is 16.1 Å². The first-order valence-electron chi connectivity index (χ1n) is 11.0. The van der Waals surface area contributed by atoms with E-state index in [2.05, 4.69) is 25.7 Å². The van der Waals surface area contributed by atoms with Crippen LogP contribution in [0.2, 0.25) is 5.02 Å². The molecule has 0 unspecified atom stereocenters. The van der Waals surface area contributed by atoms with E-state index in [0.29, 0.717) is 44.8 Å². The van der Waals surface area contributed by atoms with Gasteiger partial charge >= 0.3 is 0 Å². The number of nitrogens with zero attached hydrogens (tertiary/aromatic N) is 3. The van der Waals surface area contributed by atoms with Crippen LogP contribution in [0, 0.1) is 0 Å². The van der Waals surface area contributed by atoms with E-state index in [9.17, 15) is 4.79 Å². The number of hydrogen-bond donors (Lipinski definition) is 2. The molecule has 2 N–H and O–H groups in total. The van der Waals surface area contributed by atoms with E-state index in [1.54, 1.807) is 67.8 Å². The molecule has 0 aliphatic carbocycles. The summed E-state index contributed by atoms with van der Waals surface area (Å²) in [6.45, 7) is 0. The average molecular weight is 522 g/mol. The Morgan fingerprint density at radius 1 is 0.892 bits per heavy atom. The van der Waals surface area contributed by atoms with Crippen molar-refractivity contribution >= 4 is 23.0 Å². The summed E-state index contributed by atoms with van der Waals surface area (Å²) in [4.78, 5) is 17.5. The summed E-state index contributed by atoms with van der Waals surface area (Å²) in [6, 6.07) is 17.4. The Labute approximate surface area is 217 Å². The van der Waals surface area contributed by atoms with Crippen molar-refractivity contribution in [1.82, 2.24) is 15.2 Å². The lowest BCUT2D eigenvalue weighted by atomic mass is 10.1. The van der Waals surface area contributed by atoms with Crippen molar-refractivity contribution in [3.05, 3.63) is 87.3 Å². The van der Waals surface area contributed by atoms with Gasteiger partial charge in [0.15, 0.2) is 23.0 Å². The molecule has 0 aliphatic heterocycles. The van der Waals surface area contributed by atoms with Gasteiger partial charge in [-0.05, 0) is 60.7 Å². The van der Waals surface area contributed by atoms with Crippen molar-refractivity contribution in [2.45, 2.75) is 0 Å². The van der Waals surface area contributed by atoms with Crippen LogP contribution < -0.4 is 29.9 Å². The molecule has 190 valence electrons. The van der Waals surface area contributed by atoms with Crippen molar-refractivity contribution in [3.63, 3.8) is 0 Å². The second kappa shape index (κ2) is 11.4. The van der Waals surface area contributed by atoms with Crippen molar-refractivity contribution in [3.8, 4) is 34.4 Å². The fourth-order valence-electron chi connectivity index (χ4n) is 3.48. The van der Waals surface area contributed by atoms with E-state index >= 15 is 0 Å². The maximum Gasteiger partial charge on any atom is 0.292 e. The maximum atomic E-state index is 13.0. The zero-order chi connectivity index (χ0) is 26.4. The number of methoxy groups -OCH3 is 4. The molecular formula is C26H24ClN5O5. The third kappa shape index (κ3) is 5.65. The van der Waals surface area contributed by atoms with Gasteiger partial charge < -0.3 is 18.9 Å². The number of H-pyrrole nitrogens is 1. The molecule has 11 heteroatoms. The zero-order valence-corrected chi connectivity index (χ0v) is 21.3. The minimum absolute atomic E-state index is 0.0234. The topological polar surface area (TPSA) is 120 Å². The summed E-state index contributed by atoms with van der Waals surface area (Å²) in [7, 11) is 6.10. The van der Waals surface area contributed by atoms with Gasteiger partial charge in [-0.2, -0.15) is 10.2 Å². The molecule has 0 amide bonds. The quantitative estimate of drug-likeness (QED) is 0.246. The van der Waals surface area contributed by atoms with Gasteiger partial charge in [0.1, 0.15) is 11.5 Å². The number of ether oxygens (including phenoxy) is 4. The van der Waals surface area contributed by atoms with Crippen LogP contribution in [0.25, 0.3) is 11.4 Å². The lowest BCUT2D eigenvalue weighted by Gasteiger charge is -2.15. The standard InChI is InChI=1S/C26H24ClN5O5/c1-34-19-11-9-18(10-12-19)29-30-22(16-13-20(35-2)24(37-4)21(14-16)36-3)23-26(33)32-31-25(28-23)15-5-7-17(27)8-6-15/h5-14,29H,1-4H3,(H,32,33)/b30-22-. The van der Waals surface area contributed by atoms with Gasteiger partial charge in [-0.1, -0.05) is 11.6 Å². The van der Waals surface area contributed by atoms with Gasteiger partial charge in [0.2, 0.25) is 5.75 Å². The fourth-order valence-corrected chi connectivity index (χ4v) is 3.61. The highest BCUT2D eigenvalue weighted by atomic mass is 35.5. The Morgan fingerprint density at radius 3 is 2.11 bits per heavy atom. The van der Waals surface area contributed by atoms with Crippen LogP contribution in [0.15, 0.2) is 70.6 Å². The van der Waals surface area contributed by atoms with Gasteiger partial charge in [0.05, 0.1) is 34.1 Å². The molecule has 0 saturated carbocycles. The average Bonchev–Trinajstić information content (AvgIpc) is 2.94. The Hall–Kier alpha value is -4.57. The minimum atomic E-state index is -0.540. The highest BCUT2D eigenvalue weighted by Gasteiger charge is 2.21. The van der Waals surface area contributed by atoms with E-state index in [-0.39, 0.29) is 17.2 Å². The molecule has 0 atom stereocenters. The number of anilines is 1. The van der Waals surface area contributed by atoms with Crippen molar-refractivity contribution in [2.75, 3.05) is 33.9 Å². The SMILES string of the molecule is COc1ccc(N/N=C(/c2cc(OC)c(OC)c(OC)c2)c2nc(-c3ccc(Cl)cc3)n[nH]c2=O)cc1. The normalized spacial score (nSPS) is 11.1. The lowest BCUT2D eigenvalue weighted by Crippen LogP contribution is -2.24. The molecule has 3 aromatic carbocycles. The molecule has 0 fully saturated rings. The number of aromatic amines is 1.